The Morgan fingerprint density at radius 3 is 2.23 bits per heavy atom. The Labute approximate surface area is 96.1 Å². The van der Waals surface area contributed by atoms with Crippen LogP contribution in [0.15, 0.2) is 0 Å². The lowest BCUT2D eigenvalue weighted by Gasteiger charge is -2.14. The van der Waals surface area contributed by atoms with Crippen LogP contribution in [0, 0.1) is 0 Å². The molecule has 0 aliphatic heterocycles. The molecule has 0 rings (SSSR count). The van der Waals surface area contributed by atoms with Crippen molar-refractivity contribution < 1.29 is 0 Å². The van der Waals surface area contributed by atoms with Crippen molar-refractivity contribution in [1.82, 2.24) is 5.32 Å². The van der Waals surface area contributed by atoms with Crippen LogP contribution in [-0.2, 0) is 0 Å². The van der Waals surface area contributed by atoms with Crippen molar-refractivity contribution in [2.24, 2.45) is 0 Å². The average Bonchev–Trinajstić information content (AvgIpc) is 2.17. The molecule has 1 nitrogen and oxygen atoms in total. The van der Waals surface area contributed by atoms with E-state index in [4.69, 9.17) is 34.8 Å². The van der Waals surface area contributed by atoms with E-state index in [-0.39, 0.29) is 0 Å². The Morgan fingerprint density at radius 1 is 0.923 bits per heavy atom. The molecule has 4 heteroatoms. The third-order valence-corrected chi connectivity index (χ3v) is 2.73. The minimum absolute atomic E-state index is 0.413. The van der Waals surface area contributed by atoms with Crippen LogP contribution in [0.3, 0.4) is 0 Å². The average molecular weight is 247 g/mol. The first-order chi connectivity index (χ1) is 6.35. The molecule has 0 aromatic heterocycles. The van der Waals surface area contributed by atoms with Gasteiger partial charge in [-0.25, -0.2) is 0 Å². The second kappa shape index (κ2) is 10.9. The van der Waals surface area contributed by atoms with E-state index in [2.05, 4.69) is 5.32 Å². The normalized spacial score (nSPS) is 13.2. The maximum atomic E-state index is 5.78. The second-order valence-electron chi connectivity index (χ2n) is 3.03. The zero-order valence-corrected chi connectivity index (χ0v) is 10.1. The first kappa shape index (κ1) is 13.8. The molecule has 0 aliphatic rings. The molecule has 1 atom stereocenters. The summed E-state index contributed by atoms with van der Waals surface area (Å²) in [4.78, 5) is 0. The van der Waals surface area contributed by atoms with Crippen molar-refractivity contribution >= 4 is 34.8 Å². The smallest absolute Gasteiger partial charge is 0.0377 e. The second-order valence-corrected chi connectivity index (χ2v) is 4.10. The van der Waals surface area contributed by atoms with Gasteiger partial charge in [0.2, 0.25) is 0 Å². The molecule has 0 aromatic carbocycles. The lowest BCUT2D eigenvalue weighted by atomic mass is 10.1. The number of hydrogen-bond donors (Lipinski definition) is 1. The van der Waals surface area contributed by atoms with Crippen LogP contribution in [0.1, 0.15) is 25.7 Å². The standard InChI is InChI=1S/C9H18Cl3N/c10-5-3-1-2-4-9(8-12)13-7-6-11/h9,13H,1-8H2/t9-/m1/s1. The highest BCUT2D eigenvalue weighted by Gasteiger charge is 2.04. The number of halogens is 3. The molecule has 0 saturated heterocycles. The number of unbranched alkanes of at least 4 members (excludes halogenated alkanes) is 2. The molecule has 0 amide bonds. The molecular weight excluding hydrogens is 228 g/mol. The van der Waals surface area contributed by atoms with Crippen LogP contribution in [0.5, 0.6) is 0 Å². The summed E-state index contributed by atoms with van der Waals surface area (Å²) in [5.74, 6) is 2.08. The van der Waals surface area contributed by atoms with Crippen molar-refractivity contribution in [2.75, 3.05) is 24.2 Å². The third-order valence-electron chi connectivity index (χ3n) is 1.90. The van der Waals surface area contributed by atoms with Gasteiger partial charge in [-0.1, -0.05) is 12.8 Å². The van der Waals surface area contributed by atoms with Crippen LogP contribution in [0.4, 0.5) is 0 Å². The summed E-state index contributed by atoms with van der Waals surface area (Å²) in [5, 5.41) is 3.30. The summed E-state index contributed by atoms with van der Waals surface area (Å²) in [6, 6.07) is 0.413. The van der Waals surface area contributed by atoms with Crippen LogP contribution >= 0.6 is 34.8 Å². The summed E-state index contributed by atoms with van der Waals surface area (Å²) < 4.78 is 0. The summed E-state index contributed by atoms with van der Waals surface area (Å²) in [7, 11) is 0. The van der Waals surface area contributed by atoms with Gasteiger partial charge in [-0.05, 0) is 12.8 Å². The lowest BCUT2D eigenvalue weighted by Crippen LogP contribution is -2.32. The van der Waals surface area contributed by atoms with E-state index < -0.39 is 0 Å². The Morgan fingerprint density at radius 2 is 1.69 bits per heavy atom. The molecule has 0 radical (unpaired) electrons. The van der Waals surface area contributed by atoms with Crippen molar-refractivity contribution in [3.8, 4) is 0 Å². The Bertz CT molecular complexity index is 101. The van der Waals surface area contributed by atoms with Crippen molar-refractivity contribution in [3.63, 3.8) is 0 Å². The number of alkyl halides is 3. The van der Waals surface area contributed by atoms with Gasteiger partial charge in [-0.2, -0.15) is 0 Å². The monoisotopic (exact) mass is 245 g/mol. The van der Waals surface area contributed by atoms with Gasteiger partial charge in [-0.15, -0.1) is 34.8 Å². The molecule has 0 spiro atoms. The fourth-order valence-electron chi connectivity index (χ4n) is 1.15. The fourth-order valence-corrected chi connectivity index (χ4v) is 1.72. The summed E-state index contributed by atoms with van der Waals surface area (Å²) in [5.41, 5.74) is 0. The predicted octanol–water partition coefficient (Wildman–Crippen LogP) is 3.22. The predicted molar refractivity (Wildman–Crippen MR) is 62.4 cm³/mol. The van der Waals surface area contributed by atoms with Gasteiger partial charge in [0.25, 0.3) is 0 Å². The first-order valence-electron chi connectivity index (χ1n) is 4.76. The summed E-state index contributed by atoms with van der Waals surface area (Å²) >= 11 is 16.9. The molecule has 0 saturated carbocycles. The minimum Gasteiger partial charge on any atom is -0.312 e. The van der Waals surface area contributed by atoms with Gasteiger partial charge in [0.1, 0.15) is 0 Å². The minimum atomic E-state index is 0.413. The number of nitrogens with one attached hydrogen (secondary N) is 1. The fraction of sp³-hybridized carbons (Fsp3) is 1.00. The first-order valence-corrected chi connectivity index (χ1v) is 6.36. The maximum absolute atomic E-state index is 5.78. The highest BCUT2D eigenvalue weighted by Crippen LogP contribution is 2.05. The zero-order chi connectivity index (χ0) is 9.94. The van der Waals surface area contributed by atoms with E-state index >= 15 is 0 Å². The van der Waals surface area contributed by atoms with E-state index in [0.29, 0.717) is 17.8 Å². The van der Waals surface area contributed by atoms with E-state index in [1.165, 1.54) is 12.8 Å². The van der Waals surface area contributed by atoms with Crippen LogP contribution in [0.25, 0.3) is 0 Å². The van der Waals surface area contributed by atoms with E-state index in [1.54, 1.807) is 0 Å². The number of rotatable bonds is 9. The quantitative estimate of drug-likeness (QED) is 0.487. The van der Waals surface area contributed by atoms with Gasteiger partial charge in [0.15, 0.2) is 0 Å². The topological polar surface area (TPSA) is 12.0 Å². The molecule has 0 heterocycles. The Kier molecular flexibility index (Phi) is 11.6. The van der Waals surface area contributed by atoms with Gasteiger partial charge < -0.3 is 5.32 Å². The van der Waals surface area contributed by atoms with E-state index in [1.807, 2.05) is 0 Å². The SMILES string of the molecule is ClCCCCC[C@H](CCl)NCCCl. The van der Waals surface area contributed by atoms with Crippen molar-refractivity contribution in [3.05, 3.63) is 0 Å². The molecule has 13 heavy (non-hydrogen) atoms. The van der Waals surface area contributed by atoms with E-state index in [9.17, 15) is 0 Å². The lowest BCUT2D eigenvalue weighted by molar-refractivity contribution is 0.505. The van der Waals surface area contributed by atoms with Crippen LogP contribution < -0.4 is 5.32 Å². The number of hydrogen-bond acceptors (Lipinski definition) is 1. The maximum Gasteiger partial charge on any atom is 0.0377 e. The van der Waals surface area contributed by atoms with Gasteiger partial charge in [-0.3, -0.25) is 0 Å². The third kappa shape index (κ3) is 9.14. The summed E-state index contributed by atoms with van der Waals surface area (Å²) in [6.07, 6.45) is 4.61. The van der Waals surface area contributed by atoms with Crippen LogP contribution in [0.2, 0.25) is 0 Å². The molecule has 0 fully saturated rings. The Hall–Kier alpha value is 0.830. The van der Waals surface area contributed by atoms with Gasteiger partial charge in [0, 0.05) is 30.2 Å². The van der Waals surface area contributed by atoms with E-state index in [0.717, 1.165) is 25.3 Å². The van der Waals surface area contributed by atoms with Crippen LogP contribution in [-0.4, -0.2) is 30.2 Å². The summed E-state index contributed by atoms with van der Waals surface area (Å²) in [6.45, 7) is 0.842. The highest BCUT2D eigenvalue weighted by molar-refractivity contribution is 6.18. The molecule has 80 valence electrons. The van der Waals surface area contributed by atoms with Gasteiger partial charge in [0.05, 0.1) is 0 Å². The molecule has 0 bridgehead atoms. The molecule has 0 aromatic rings. The molecular formula is C9H18Cl3N. The van der Waals surface area contributed by atoms with Crippen molar-refractivity contribution in [2.45, 2.75) is 31.7 Å². The van der Waals surface area contributed by atoms with Crippen molar-refractivity contribution in [1.29, 1.82) is 0 Å². The highest BCUT2D eigenvalue weighted by atomic mass is 35.5. The molecule has 1 N–H and O–H groups in total. The van der Waals surface area contributed by atoms with Gasteiger partial charge >= 0.3 is 0 Å². The molecule has 0 aliphatic carbocycles. The Balaban J connectivity index is 3.25. The molecule has 0 unspecified atom stereocenters. The zero-order valence-electron chi connectivity index (χ0n) is 7.87. The largest absolute Gasteiger partial charge is 0.312 e.